The second-order valence-electron chi connectivity index (χ2n) is 5.29. The van der Waals surface area contributed by atoms with Crippen molar-refractivity contribution < 1.29 is 18.1 Å². The summed E-state index contributed by atoms with van der Waals surface area (Å²) in [4.78, 5) is 0. The van der Waals surface area contributed by atoms with E-state index in [9.17, 15) is 8.42 Å². The average Bonchev–Trinajstić information content (AvgIpc) is 2.34. The quantitative estimate of drug-likeness (QED) is 0.310. The van der Waals surface area contributed by atoms with E-state index in [2.05, 4.69) is 6.92 Å². The molecule has 0 aliphatic rings. The van der Waals surface area contributed by atoms with Gasteiger partial charge in [0.25, 0.3) is 10.1 Å². The van der Waals surface area contributed by atoms with Crippen LogP contribution in [0.5, 0.6) is 0 Å². The van der Waals surface area contributed by atoms with Gasteiger partial charge in [-0.2, -0.15) is 8.42 Å². The van der Waals surface area contributed by atoms with E-state index in [0.717, 1.165) is 12.8 Å². The van der Waals surface area contributed by atoms with Crippen molar-refractivity contribution in [3.8, 4) is 0 Å². The fraction of sp³-hybridized carbons (Fsp3) is 1.00. The van der Waals surface area contributed by atoms with Gasteiger partial charge < -0.3 is 5.11 Å². The van der Waals surface area contributed by atoms with Crippen molar-refractivity contribution >= 4 is 39.7 Å². The van der Waals surface area contributed by atoms with Crippen LogP contribution in [0.25, 0.3) is 0 Å². The first-order valence-corrected chi connectivity index (χ1v) is 9.13. The number of aliphatic hydroxyl groups excluding tert-OH is 1. The summed E-state index contributed by atoms with van der Waals surface area (Å²) in [5, 5.41) is 9.09. The van der Waals surface area contributed by atoms with E-state index >= 15 is 0 Å². The van der Waals surface area contributed by atoms with E-state index in [-0.39, 0.29) is 36.0 Å². The molecule has 6 heteroatoms. The van der Waals surface area contributed by atoms with Crippen LogP contribution >= 0.6 is 0 Å². The van der Waals surface area contributed by atoms with Gasteiger partial charge in [0.1, 0.15) is 0 Å². The van der Waals surface area contributed by atoms with Crippen LogP contribution < -0.4 is 0 Å². The topological polar surface area (TPSA) is 74.6 Å². The minimum absolute atomic E-state index is 0. The zero-order valence-corrected chi connectivity index (χ0v) is 16.0. The van der Waals surface area contributed by atoms with Crippen LogP contribution in [0.1, 0.15) is 84.0 Å². The summed E-state index contributed by atoms with van der Waals surface area (Å²) in [6.45, 7) is 2.22. The molecular formula is C14H30NaO4S. The van der Waals surface area contributed by atoms with Crippen LogP contribution in [0.2, 0.25) is 0 Å². The van der Waals surface area contributed by atoms with E-state index in [1.807, 2.05) is 0 Å². The maximum Gasteiger partial charge on any atom is 0.291 e. The van der Waals surface area contributed by atoms with Gasteiger partial charge in [-0.1, -0.05) is 71.1 Å². The molecule has 0 saturated carbocycles. The first-order valence-electron chi connectivity index (χ1n) is 7.63. The second-order valence-corrected chi connectivity index (χ2v) is 6.87. The maximum atomic E-state index is 10.5. The third-order valence-electron chi connectivity index (χ3n) is 3.40. The number of aliphatic hydroxyl groups is 1. The zero-order chi connectivity index (χ0) is 14.6. The van der Waals surface area contributed by atoms with Gasteiger partial charge in [0, 0.05) is 29.6 Å². The Bertz CT molecular complexity index is 294. The molecule has 0 spiro atoms. The first kappa shape index (κ1) is 23.1. The first-order chi connectivity index (χ1) is 8.98. The molecule has 0 aliphatic heterocycles. The van der Waals surface area contributed by atoms with Crippen LogP contribution in [0.15, 0.2) is 0 Å². The molecule has 0 aromatic heterocycles. The molecule has 1 radical (unpaired) electrons. The molecule has 0 fully saturated rings. The molecular weight excluding hydrogens is 287 g/mol. The summed E-state index contributed by atoms with van der Waals surface area (Å²) in [6.07, 6.45) is 13.1. The Morgan fingerprint density at radius 3 is 1.50 bits per heavy atom. The average molecular weight is 317 g/mol. The Balaban J connectivity index is 0. The van der Waals surface area contributed by atoms with Crippen molar-refractivity contribution in [1.82, 2.24) is 0 Å². The van der Waals surface area contributed by atoms with Gasteiger partial charge in [0.2, 0.25) is 0 Å². The van der Waals surface area contributed by atoms with Gasteiger partial charge in [-0.25, -0.2) is 0 Å². The molecule has 0 aromatic rings. The van der Waals surface area contributed by atoms with E-state index in [1.54, 1.807) is 0 Å². The van der Waals surface area contributed by atoms with Gasteiger partial charge in [0.15, 0.2) is 5.44 Å². The van der Waals surface area contributed by atoms with Crippen molar-refractivity contribution in [3.63, 3.8) is 0 Å². The maximum absolute atomic E-state index is 10.5. The SMILES string of the molecule is CCCCCCCCCCCCCC(O)S(=O)(=O)O.[Na]. The van der Waals surface area contributed by atoms with E-state index < -0.39 is 15.6 Å². The summed E-state index contributed by atoms with van der Waals surface area (Å²) < 4.78 is 29.7. The van der Waals surface area contributed by atoms with E-state index in [1.165, 1.54) is 51.4 Å². The molecule has 0 heterocycles. The van der Waals surface area contributed by atoms with Gasteiger partial charge in [0.05, 0.1) is 0 Å². The zero-order valence-electron chi connectivity index (χ0n) is 13.2. The summed E-state index contributed by atoms with van der Waals surface area (Å²) in [6, 6.07) is 0. The van der Waals surface area contributed by atoms with Crippen molar-refractivity contribution in [2.45, 2.75) is 89.4 Å². The fourth-order valence-corrected chi connectivity index (χ4v) is 2.60. The summed E-state index contributed by atoms with van der Waals surface area (Å²) in [5.74, 6) is 0. The van der Waals surface area contributed by atoms with Gasteiger partial charge in [-0.3, -0.25) is 4.55 Å². The number of hydrogen-bond donors (Lipinski definition) is 2. The summed E-state index contributed by atoms with van der Waals surface area (Å²) in [5.41, 5.74) is -1.61. The van der Waals surface area contributed by atoms with Crippen LogP contribution in [0.4, 0.5) is 0 Å². The smallest absolute Gasteiger partial charge is 0.291 e. The monoisotopic (exact) mass is 317 g/mol. The number of unbranched alkanes of at least 4 members (excludes halogenated alkanes) is 10. The van der Waals surface area contributed by atoms with Gasteiger partial charge in [-0.05, 0) is 12.8 Å². The fourth-order valence-electron chi connectivity index (χ4n) is 2.13. The molecule has 0 aromatic carbocycles. The Labute approximate surface area is 146 Å². The predicted octanol–water partition coefficient (Wildman–Crippen LogP) is 3.51. The molecule has 2 N–H and O–H groups in total. The van der Waals surface area contributed by atoms with Crippen LogP contribution in [-0.4, -0.2) is 53.1 Å². The molecule has 0 bridgehead atoms. The van der Waals surface area contributed by atoms with Gasteiger partial charge >= 0.3 is 0 Å². The molecule has 20 heavy (non-hydrogen) atoms. The molecule has 0 saturated heterocycles. The van der Waals surface area contributed by atoms with Crippen LogP contribution in [0.3, 0.4) is 0 Å². The molecule has 0 rings (SSSR count). The van der Waals surface area contributed by atoms with E-state index in [0.29, 0.717) is 6.42 Å². The Kier molecular flexibility index (Phi) is 17.1. The largest absolute Gasteiger partial charge is 0.375 e. The van der Waals surface area contributed by atoms with Gasteiger partial charge in [-0.15, -0.1) is 0 Å². The molecule has 4 nitrogen and oxygen atoms in total. The second kappa shape index (κ2) is 14.8. The van der Waals surface area contributed by atoms with Crippen LogP contribution in [-0.2, 0) is 10.1 Å². The predicted molar refractivity (Wildman–Crippen MR) is 84.4 cm³/mol. The molecule has 1 atom stereocenters. The minimum Gasteiger partial charge on any atom is -0.375 e. The molecule has 0 aliphatic carbocycles. The van der Waals surface area contributed by atoms with Crippen molar-refractivity contribution in [2.24, 2.45) is 0 Å². The Morgan fingerprint density at radius 1 is 0.800 bits per heavy atom. The third kappa shape index (κ3) is 15.3. The molecule has 1 unspecified atom stereocenters. The standard InChI is InChI=1S/C14H30O4S.Na/c1-2-3-4-5-6-7-8-9-10-11-12-13-14(15)19(16,17)18;/h14-15H,2-13H2,1H3,(H,16,17,18);. The summed E-state index contributed by atoms with van der Waals surface area (Å²) in [7, 11) is -4.26. The van der Waals surface area contributed by atoms with Crippen molar-refractivity contribution in [2.75, 3.05) is 0 Å². The normalized spacial score (nSPS) is 12.9. The third-order valence-corrected chi connectivity index (χ3v) is 4.32. The summed E-state index contributed by atoms with van der Waals surface area (Å²) >= 11 is 0. The van der Waals surface area contributed by atoms with Crippen molar-refractivity contribution in [1.29, 1.82) is 0 Å². The van der Waals surface area contributed by atoms with Crippen LogP contribution in [0, 0.1) is 0 Å². The minimum atomic E-state index is -4.26. The Morgan fingerprint density at radius 2 is 1.15 bits per heavy atom. The molecule has 117 valence electrons. The number of hydrogen-bond acceptors (Lipinski definition) is 3. The van der Waals surface area contributed by atoms with E-state index in [4.69, 9.17) is 9.66 Å². The van der Waals surface area contributed by atoms with Crippen molar-refractivity contribution in [3.05, 3.63) is 0 Å². The Hall–Kier alpha value is 0.870. The number of rotatable bonds is 13. The molecule has 0 amide bonds.